The molecule has 3 N–H and O–H groups in total. The van der Waals surface area contributed by atoms with E-state index in [2.05, 4.69) is 44.6 Å². The largest absolute Gasteiger partial charge is 0.351 e. The molecule has 6 heteroatoms. The van der Waals surface area contributed by atoms with Gasteiger partial charge in [0.25, 0.3) is 0 Å². The number of piperidine rings is 1. The molecule has 3 heterocycles. The lowest BCUT2D eigenvalue weighted by molar-refractivity contribution is 0.477. The van der Waals surface area contributed by atoms with Crippen LogP contribution < -0.4 is 10.6 Å². The van der Waals surface area contributed by atoms with Crippen LogP contribution in [-0.2, 0) is 0 Å². The van der Waals surface area contributed by atoms with E-state index < -0.39 is 0 Å². The summed E-state index contributed by atoms with van der Waals surface area (Å²) in [7, 11) is 0. The third kappa shape index (κ3) is 3.21. The summed E-state index contributed by atoms with van der Waals surface area (Å²) in [6, 6.07) is 2.39. The van der Waals surface area contributed by atoms with Crippen molar-refractivity contribution < 1.29 is 0 Å². The average molecular weight is 286 g/mol. The summed E-state index contributed by atoms with van der Waals surface area (Å²) < 4.78 is 0. The third-order valence-corrected chi connectivity index (χ3v) is 3.82. The standard InChI is InChI=1S/C15H22N6/c1-10(2)14-12(9-18-21-14)13-5-8-17-15(20-13)19-11-3-6-16-7-4-11/h5,8-11,16H,3-4,6-7H2,1-2H3,(H,18,21)(H,17,19,20). The van der Waals surface area contributed by atoms with Crippen LogP contribution in [0, 0.1) is 0 Å². The summed E-state index contributed by atoms with van der Waals surface area (Å²) in [5.41, 5.74) is 3.01. The maximum absolute atomic E-state index is 4.65. The molecule has 1 aliphatic heterocycles. The number of aromatic amines is 1. The van der Waals surface area contributed by atoms with Gasteiger partial charge in [0.05, 0.1) is 11.4 Å². The zero-order valence-corrected chi connectivity index (χ0v) is 12.6. The van der Waals surface area contributed by atoms with E-state index in [9.17, 15) is 0 Å². The molecule has 6 nitrogen and oxygen atoms in total. The molecule has 0 bridgehead atoms. The van der Waals surface area contributed by atoms with Crippen molar-refractivity contribution in [1.82, 2.24) is 25.5 Å². The number of hydrogen-bond acceptors (Lipinski definition) is 5. The summed E-state index contributed by atoms with van der Waals surface area (Å²) >= 11 is 0. The first-order chi connectivity index (χ1) is 10.2. The highest BCUT2D eigenvalue weighted by molar-refractivity contribution is 5.62. The van der Waals surface area contributed by atoms with Gasteiger partial charge in [0.1, 0.15) is 0 Å². The molecule has 0 saturated carbocycles. The van der Waals surface area contributed by atoms with E-state index in [-0.39, 0.29) is 0 Å². The van der Waals surface area contributed by atoms with Crippen LogP contribution in [0.3, 0.4) is 0 Å². The van der Waals surface area contributed by atoms with Crippen molar-refractivity contribution in [2.24, 2.45) is 0 Å². The lowest BCUT2D eigenvalue weighted by atomic mass is 10.0. The molecule has 1 fully saturated rings. The Bertz CT molecular complexity index is 585. The van der Waals surface area contributed by atoms with Crippen molar-refractivity contribution in [2.75, 3.05) is 18.4 Å². The van der Waals surface area contributed by atoms with E-state index in [0.717, 1.165) is 42.9 Å². The smallest absolute Gasteiger partial charge is 0.223 e. The van der Waals surface area contributed by atoms with Gasteiger partial charge in [-0.3, -0.25) is 5.10 Å². The average Bonchev–Trinajstić information content (AvgIpc) is 2.98. The summed E-state index contributed by atoms with van der Waals surface area (Å²) in [5, 5.41) is 14.1. The first kappa shape index (κ1) is 14.0. The van der Waals surface area contributed by atoms with Crippen LogP contribution in [0.25, 0.3) is 11.3 Å². The number of aromatic nitrogens is 4. The third-order valence-electron chi connectivity index (χ3n) is 3.82. The van der Waals surface area contributed by atoms with Crippen LogP contribution in [0.15, 0.2) is 18.5 Å². The van der Waals surface area contributed by atoms with Crippen molar-refractivity contribution >= 4 is 5.95 Å². The normalized spacial score (nSPS) is 16.3. The highest BCUT2D eigenvalue weighted by atomic mass is 15.1. The summed E-state index contributed by atoms with van der Waals surface area (Å²) in [5.74, 6) is 1.07. The van der Waals surface area contributed by atoms with Crippen LogP contribution in [0.4, 0.5) is 5.95 Å². The minimum Gasteiger partial charge on any atom is -0.351 e. The van der Waals surface area contributed by atoms with Crippen molar-refractivity contribution in [3.8, 4) is 11.3 Å². The number of rotatable bonds is 4. The lowest BCUT2D eigenvalue weighted by Gasteiger charge is -2.23. The molecule has 0 radical (unpaired) electrons. The van der Waals surface area contributed by atoms with Gasteiger partial charge in [0.2, 0.25) is 5.95 Å². The van der Waals surface area contributed by atoms with E-state index in [4.69, 9.17) is 0 Å². The van der Waals surface area contributed by atoms with E-state index in [1.54, 1.807) is 0 Å². The molecule has 0 aliphatic carbocycles. The van der Waals surface area contributed by atoms with Crippen LogP contribution in [0.1, 0.15) is 38.3 Å². The lowest BCUT2D eigenvalue weighted by Crippen LogP contribution is -2.35. The minimum absolute atomic E-state index is 0.363. The zero-order chi connectivity index (χ0) is 14.7. The van der Waals surface area contributed by atoms with Crippen LogP contribution in [-0.4, -0.2) is 39.3 Å². The van der Waals surface area contributed by atoms with E-state index in [1.165, 1.54) is 0 Å². The van der Waals surface area contributed by atoms with Gasteiger partial charge in [-0.15, -0.1) is 0 Å². The fourth-order valence-corrected chi connectivity index (χ4v) is 2.67. The van der Waals surface area contributed by atoms with Gasteiger partial charge in [0.15, 0.2) is 0 Å². The Hall–Kier alpha value is -1.95. The zero-order valence-electron chi connectivity index (χ0n) is 12.6. The van der Waals surface area contributed by atoms with E-state index in [0.29, 0.717) is 17.9 Å². The summed E-state index contributed by atoms with van der Waals surface area (Å²) in [4.78, 5) is 8.99. The molecular formula is C15H22N6. The van der Waals surface area contributed by atoms with Crippen LogP contribution in [0.5, 0.6) is 0 Å². The predicted molar refractivity (Wildman–Crippen MR) is 83.2 cm³/mol. The molecule has 0 aromatic carbocycles. The number of hydrogen-bond donors (Lipinski definition) is 3. The van der Waals surface area contributed by atoms with E-state index >= 15 is 0 Å². The second kappa shape index (κ2) is 6.22. The van der Waals surface area contributed by atoms with Gasteiger partial charge in [-0.1, -0.05) is 13.8 Å². The van der Waals surface area contributed by atoms with Crippen molar-refractivity contribution in [3.63, 3.8) is 0 Å². The molecule has 3 rings (SSSR count). The maximum atomic E-state index is 4.65. The number of H-pyrrole nitrogens is 1. The minimum atomic E-state index is 0.363. The summed E-state index contributed by atoms with van der Waals surface area (Å²) in [6.07, 6.45) is 5.93. The second-order valence-corrected chi connectivity index (χ2v) is 5.77. The van der Waals surface area contributed by atoms with Crippen LogP contribution >= 0.6 is 0 Å². The van der Waals surface area contributed by atoms with Gasteiger partial charge in [-0.25, -0.2) is 9.97 Å². The number of anilines is 1. The van der Waals surface area contributed by atoms with Gasteiger partial charge in [-0.2, -0.15) is 5.10 Å². The molecule has 0 atom stereocenters. The molecule has 0 amide bonds. The Morgan fingerprint density at radius 3 is 2.86 bits per heavy atom. The fraction of sp³-hybridized carbons (Fsp3) is 0.533. The molecule has 1 saturated heterocycles. The maximum Gasteiger partial charge on any atom is 0.223 e. The quantitative estimate of drug-likeness (QED) is 0.802. The first-order valence-corrected chi connectivity index (χ1v) is 7.58. The molecular weight excluding hydrogens is 264 g/mol. The number of nitrogens with one attached hydrogen (secondary N) is 3. The topological polar surface area (TPSA) is 78.5 Å². The highest BCUT2D eigenvalue weighted by Crippen LogP contribution is 2.26. The molecule has 0 spiro atoms. The second-order valence-electron chi connectivity index (χ2n) is 5.77. The Labute approximate surface area is 124 Å². The molecule has 21 heavy (non-hydrogen) atoms. The molecule has 2 aromatic heterocycles. The Morgan fingerprint density at radius 2 is 2.10 bits per heavy atom. The van der Waals surface area contributed by atoms with Gasteiger partial charge in [0, 0.05) is 24.0 Å². The first-order valence-electron chi connectivity index (χ1n) is 7.58. The SMILES string of the molecule is CC(C)c1n[nH]cc1-c1ccnc(NC2CCNCC2)n1. The molecule has 0 unspecified atom stereocenters. The predicted octanol–water partition coefficient (Wildman–Crippen LogP) is 2.15. The molecule has 2 aromatic rings. The van der Waals surface area contributed by atoms with Crippen molar-refractivity contribution in [2.45, 2.75) is 38.6 Å². The van der Waals surface area contributed by atoms with Crippen LogP contribution in [0.2, 0.25) is 0 Å². The van der Waals surface area contributed by atoms with Gasteiger partial charge in [-0.05, 0) is 37.9 Å². The monoisotopic (exact) mass is 286 g/mol. The number of nitrogens with zero attached hydrogens (tertiary/aromatic N) is 3. The van der Waals surface area contributed by atoms with Crippen molar-refractivity contribution in [1.29, 1.82) is 0 Å². The Kier molecular flexibility index (Phi) is 4.15. The molecule has 1 aliphatic rings. The Morgan fingerprint density at radius 1 is 1.29 bits per heavy atom. The van der Waals surface area contributed by atoms with Crippen molar-refractivity contribution in [3.05, 3.63) is 24.2 Å². The summed E-state index contributed by atoms with van der Waals surface area (Å²) in [6.45, 7) is 6.37. The van der Waals surface area contributed by atoms with Gasteiger partial charge < -0.3 is 10.6 Å². The fourth-order valence-electron chi connectivity index (χ4n) is 2.67. The van der Waals surface area contributed by atoms with E-state index in [1.807, 2.05) is 18.5 Å². The van der Waals surface area contributed by atoms with Gasteiger partial charge >= 0.3 is 0 Å². The molecule has 112 valence electrons. The Balaban J connectivity index is 1.80. The highest BCUT2D eigenvalue weighted by Gasteiger charge is 2.16.